The number of hydrazine groups is 1. The highest BCUT2D eigenvalue weighted by Gasteiger charge is 2.11. The Morgan fingerprint density at radius 1 is 1.53 bits per heavy atom. The Hall–Kier alpha value is -2.42. The molecule has 0 atom stereocenters. The monoisotopic (exact) mass is 240 g/mol. The molecular formula is C8H12N6O3. The summed E-state index contributed by atoms with van der Waals surface area (Å²) in [6.07, 6.45) is 0. The van der Waals surface area contributed by atoms with Gasteiger partial charge in [-0.1, -0.05) is 0 Å². The van der Waals surface area contributed by atoms with E-state index in [-0.39, 0.29) is 29.8 Å². The number of hydrogen-bond donors (Lipinski definition) is 4. The lowest BCUT2D eigenvalue weighted by Gasteiger charge is -2.06. The molecule has 9 nitrogen and oxygen atoms in total. The average Bonchev–Trinajstić information content (AvgIpc) is 2.35. The highest BCUT2D eigenvalue weighted by Crippen LogP contribution is 2.19. The molecule has 0 bridgehead atoms. The minimum absolute atomic E-state index is 0.0331. The van der Waals surface area contributed by atoms with E-state index < -0.39 is 4.92 Å². The van der Waals surface area contributed by atoms with Crippen LogP contribution in [-0.2, 0) is 4.79 Å². The van der Waals surface area contributed by atoms with Gasteiger partial charge in [0.15, 0.2) is 0 Å². The van der Waals surface area contributed by atoms with Crippen LogP contribution in [0, 0.1) is 10.1 Å². The van der Waals surface area contributed by atoms with Crippen LogP contribution in [0.2, 0.25) is 0 Å². The van der Waals surface area contributed by atoms with E-state index in [0.717, 1.165) is 0 Å². The molecule has 0 radical (unpaired) electrons. The molecule has 17 heavy (non-hydrogen) atoms. The molecule has 1 aromatic rings. The lowest BCUT2D eigenvalue weighted by Crippen LogP contribution is -2.26. The Bertz CT molecular complexity index is 435. The van der Waals surface area contributed by atoms with Crippen LogP contribution in [0.4, 0.5) is 17.3 Å². The molecule has 0 aliphatic carbocycles. The molecule has 0 aliphatic rings. The molecule has 0 aromatic carbocycles. The van der Waals surface area contributed by atoms with Crippen molar-refractivity contribution < 1.29 is 9.72 Å². The lowest BCUT2D eigenvalue weighted by atomic mass is 10.3. The Labute approximate surface area is 96.5 Å². The van der Waals surface area contributed by atoms with Gasteiger partial charge in [0.05, 0.1) is 23.6 Å². The van der Waals surface area contributed by atoms with E-state index in [2.05, 4.69) is 21.0 Å². The van der Waals surface area contributed by atoms with Crippen molar-refractivity contribution in [2.75, 3.05) is 24.3 Å². The zero-order valence-corrected chi connectivity index (χ0v) is 9.06. The van der Waals surface area contributed by atoms with Gasteiger partial charge < -0.3 is 16.1 Å². The van der Waals surface area contributed by atoms with Crippen molar-refractivity contribution in [3.8, 4) is 0 Å². The predicted octanol–water partition coefficient (Wildman–Crippen LogP) is -0.567. The van der Waals surface area contributed by atoms with Crippen LogP contribution in [0.3, 0.4) is 0 Å². The van der Waals surface area contributed by atoms with Crippen LogP contribution in [0.5, 0.6) is 0 Å². The van der Waals surface area contributed by atoms with Crippen molar-refractivity contribution >= 4 is 23.2 Å². The molecule has 0 spiro atoms. The van der Waals surface area contributed by atoms with Crippen LogP contribution < -0.4 is 21.9 Å². The summed E-state index contributed by atoms with van der Waals surface area (Å²) < 4.78 is 0. The number of hydrogen-bond acceptors (Lipinski definition) is 7. The number of nitrogen functional groups attached to an aromatic ring is 1. The van der Waals surface area contributed by atoms with E-state index in [9.17, 15) is 14.9 Å². The third kappa shape index (κ3) is 3.57. The maximum atomic E-state index is 11.0. The van der Waals surface area contributed by atoms with Crippen LogP contribution >= 0.6 is 0 Å². The first-order chi connectivity index (χ1) is 8.06. The van der Waals surface area contributed by atoms with Crippen LogP contribution in [0.25, 0.3) is 0 Å². The summed E-state index contributed by atoms with van der Waals surface area (Å²) in [6.45, 7) is -0.0331. The van der Waals surface area contributed by atoms with Gasteiger partial charge in [-0.25, -0.2) is 10.8 Å². The fourth-order valence-corrected chi connectivity index (χ4v) is 1.05. The Balaban J connectivity index is 2.87. The smallest absolute Gasteiger partial charge is 0.276 e. The predicted molar refractivity (Wildman–Crippen MR) is 61.3 cm³/mol. The number of anilines is 2. The summed E-state index contributed by atoms with van der Waals surface area (Å²) in [5.74, 6) is 5.19. The molecule has 5 N–H and O–H groups in total. The van der Waals surface area contributed by atoms with E-state index in [1.807, 2.05) is 0 Å². The summed E-state index contributed by atoms with van der Waals surface area (Å²) in [7, 11) is 1.48. The highest BCUT2D eigenvalue weighted by atomic mass is 16.6. The fraction of sp³-hybridized carbons (Fsp3) is 0.250. The standard InChI is InChI=1S/C8H12N6O3/c1-10-8(15)4-11-6-2-5(14(16)17)3-7(12-6)13-9/h2-3H,4,9H2,1H3,(H,10,15)(H2,11,12,13). The van der Waals surface area contributed by atoms with Gasteiger partial charge in [-0.15, -0.1) is 0 Å². The largest absolute Gasteiger partial charge is 0.361 e. The van der Waals surface area contributed by atoms with E-state index >= 15 is 0 Å². The van der Waals surface area contributed by atoms with Crippen LogP contribution in [0.1, 0.15) is 0 Å². The number of aromatic nitrogens is 1. The number of carbonyl (C=O) groups excluding carboxylic acids is 1. The molecule has 1 amide bonds. The summed E-state index contributed by atoms with van der Waals surface area (Å²) in [4.78, 5) is 24.9. The molecule has 0 fully saturated rings. The van der Waals surface area contributed by atoms with Crippen molar-refractivity contribution in [3.05, 3.63) is 22.2 Å². The van der Waals surface area contributed by atoms with Crippen molar-refractivity contribution in [2.24, 2.45) is 5.84 Å². The topological polar surface area (TPSA) is 135 Å². The second kappa shape index (κ2) is 5.61. The van der Waals surface area contributed by atoms with Crippen molar-refractivity contribution in [1.82, 2.24) is 10.3 Å². The summed E-state index contributed by atoms with van der Waals surface area (Å²) >= 11 is 0. The Morgan fingerprint density at radius 3 is 2.71 bits per heavy atom. The number of nitrogens with two attached hydrogens (primary N) is 1. The van der Waals surface area contributed by atoms with Gasteiger partial charge in [0, 0.05) is 7.05 Å². The molecule has 1 heterocycles. The first kappa shape index (κ1) is 12.6. The third-order valence-electron chi connectivity index (χ3n) is 1.88. The second-order valence-electron chi connectivity index (χ2n) is 3.02. The first-order valence-corrected chi connectivity index (χ1v) is 4.64. The van der Waals surface area contributed by atoms with Gasteiger partial charge in [0.2, 0.25) is 5.91 Å². The summed E-state index contributed by atoms with van der Waals surface area (Å²) in [5, 5.41) is 15.7. The minimum Gasteiger partial charge on any atom is -0.361 e. The van der Waals surface area contributed by atoms with Crippen LogP contribution in [-0.4, -0.2) is 29.4 Å². The number of rotatable bonds is 5. The highest BCUT2D eigenvalue weighted by molar-refractivity contribution is 5.80. The number of amides is 1. The van der Waals surface area contributed by atoms with Crippen molar-refractivity contribution in [1.29, 1.82) is 0 Å². The quantitative estimate of drug-likeness (QED) is 0.307. The number of nitrogens with one attached hydrogen (secondary N) is 3. The molecule has 0 saturated carbocycles. The average molecular weight is 240 g/mol. The molecule has 1 aromatic heterocycles. The molecule has 1 rings (SSSR count). The number of carbonyl (C=O) groups is 1. The van der Waals surface area contributed by atoms with Crippen molar-refractivity contribution in [3.63, 3.8) is 0 Å². The maximum absolute atomic E-state index is 11.0. The second-order valence-corrected chi connectivity index (χ2v) is 3.02. The minimum atomic E-state index is -0.576. The molecule has 0 unspecified atom stereocenters. The van der Waals surface area contributed by atoms with Gasteiger partial charge in [0.25, 0.3) is 5.69 Å². The van der Waals surface area contributed by atoms with Crippen molar-refractivity contribution in [2.45, 2.75) is 0 Å². The van der Waals surface area contributed by atoms with Crippen LogP contribution in [0.15, 0.2) is 12.1 Å². The van der Waals surface area contributed by atoms with Gasteiger partial charge in [-0.05, 0) is 0 Å². The summed E-state index contributed by atoms with van der Waals surface area (Å²) in [5.41, 5.74) is 2.03. The zero-order valence-electron chi connectivity index (χ0n) is 9.06. The molecule has 9 heteroatoms. The number of pyridine rings is 1. The Kier molecular flexibility index (Phi) is 4.17. The number of nitrogens with zero attached hydrogens (tertiary/aromatic N) is 2. The third-order valence-corrected chi connectivity index (χ3v) is 1.88. The lowest BCUT2D eigenvalue weighted by molar-refractivity contribution is -0.384. The van der Waals surface area contributed by atoms with Gasteiger partial charge in [-0.2, -0.15) is 0 Å². The Morgan fingerprint density at radius 2 is 2.18 bits per heavy atom. The van der Waals surface area contributed by atoms with E-state index in [1.165, 1.54) is 19.2 Å². The van der Waals surface area contributed by atoms with E-state index in [1.54, 1.807) is 0 Å². The van der Waals surface area contributed by atoms with Gasteiger partial charge in [0.1, 0.15) is 11.6 Å². The SMILES string of the molecule is CNC(=O)CNc1cc([N+](=O)[O-])cc(NN)n1. The molecule has 0 saturated heterocycles. The van der Waals surface area contributed by atoms with E-state index in [0.29, 0.717) is 0 Å². The summed E-state index contributed by atoms with van der Waals surface area (Å²) in [6, 6.07) is 2.40. The fourth-order valence-electron chi connectivity index (χ4n) is 1.05. The normalized spacial score (nSPS) is 9.53. The molecule has 92 valence electrons. The number of likely N-dealkylation sites (N-methyl/N-ethyl adjacent to an activating group) is 1. The number of nitro groups is 1. The zero-order chi connectivity index (χ0) is 12.8. The maximum Gasteiger partial charge on any atom is 0.276 e. The van der Waals surface area contributed by atoms with E-state index in [4.69, 9.17) is 5.84 Å². The van der Waals surface area contributed by atoms with Gasteiger partial charge >= 0.3 is 0 Å². The first-order valence-electron chi connectivity index (χ1n) is 4.64. The van der Waals surface area contributed by atoms with Gasteiger partial charge in [-0.3, -0.25) is 14.9 Å². The molecule has 0 aliphatic heterocycles. The molecular weight excluding hydrogens is 228 g/mol.